The van der Waals surface area contributed by atoms with Gasteiger partial charge in [-0.05, 0) is 36.6 Å². The van der Waals surface area contributed by atoms with Crippen LogP contribution in [0.2, 0.25) is 0 Å². The zero-order chi connectivity index (χ0) is 23.8. The fourth-order valence-corrected chi connectivity index (χ4v) is 4.67. The molecule has 0 bridgehead atoms. The highest BCUT2D eigenvalue weighted by Crippen LogP contribution is 2.38. The summed E-state index contributed by atoms with van der Waals surface area (Å²) in [7, 11) is 0. The minimum absolute atomic E-state index is 0.265. The van der Waals surface area contributed by atoms with E-state index in [2.05, 4.69) is 22.3 Å². The largest absolute Gasteiger partial charge is 0.416 e. The second-order valence-corrected chi connectivity index (χ2v) is 8.83. The van der Waals surface area contributed by atoms with Crippen molar-refractivity contribution in [1.29, 1.82) is 0 Å². The lowest BCUT2D eigenvalue weighted by molar-refractivity contribution is -0.137. The van der Waals surface area contributed by atoms with Gasteiger partial charge in [0.1, 0.15) is 5.54 Å². The number of benzene rings is 3. The quantitative estimate of drug-likeness (QED) is 0.555. The van der Waals surface area contributed by atoms with Crippen LogP contribution in [0.1, 0.15) is 35.1 Å². The average Bonchev–Trinajstić information content (AvgIpc) is 2.95. The molecule has 0 atom stereocenters. The number of carbonyl (C=O) groups is 1. The molecule has 1 amide bonds. The van der Waals surface area contributed by atoms with Crippen molar-refractivity contribution in [3.05, 3.63) is 101 Å². The van der Waals surface area contributed by atoms with Crippen LogP contribution in [0.15, 0.2) is 83.9 Å². The molecule has 3 aromatic carbocycles. The summed E-state index contributed by atoms with van der Waals surface area (Å²) in [5, 5.41) is 2.89. The van der Waals surface area contributed by atoms with E-state index in [0.29, 0.717) is 42.9 Å². The molecule has 0 saturated carbocycles. The number of alkyl halides is 3. The number of rotatable bonds is 3. The summed E-state index contributed by atoms with van der Waals surface area (Å²) in [4.78, 5) is 20.6. The lowest BCUT2D eigenvalue weighted by atomic mass is 9.86. The second kappa shape index (κ2) is 8.72. The first-order valence-corrected chi connectivity index (χ1v) is 11.3. The fourth-order valence-electron chi connectivity index (χ4n) is 4.67. The summed E-state index contributed by atoms with van der Waals surface area (Å²) in [5.41, 5.74) is 1.14. The molecule has 3 aromatic rings. The van der Waals surface area contributed by atoms with Crippen molar-refractivity contribution in [1.82, 2.24) is 4.90 Å². The summed E-state index contributed by atoms with van der Waals surface area (Å²) in [5.74, 6) is -0.265. The standard InChI is InChI=1S/C27H24F3N3O/c28-27(29,30)21-11-12-23-22(17-21)24(20-9-5-2-6-10-20)32-26(25(34)31-23)13-15-33(16-14-26)18-19-7-3-1-4-8-19/h1-12,17H,13-16,18H2,(H,31,34). The predicted octanol–water partition coefficient (Wildman–Crippen LogP) is 5.53. The number of amides is 1. The molecule has 2 heterocycles. The van der Waals surface area contributed by atoms with Crippen molar-refractivity contribution < 1.29 is 18.0 Å². The van der Waals surface area contributed by atoms with Crippen LogP contribution in [-0.2, 0) is 17.5 Å². The zero-order valence-corrected chi connectivity index (χ0v) is 18.5. The maximum atomic E-state index is 13.5. The van der Waals surface area contributed by atoms with E-state index < -0.39 is 17.3 Å². The van der Waals surface area contributed by atoms with Crippen molar-refractivity contribution >= 4 is 17.3 Å². The normalized spacial score (nSPS) is 18.1. The molecular formula is C27H24F3N3O. The molecule has 1 N–H and O–H groups in total. The van der Waals surface area contributed by atoms with Gasteiger partial charge in [0.25, 0.3) is 5.91 Å². The molecule has 1 fully saturated rings. The highest BCUT2D eigenvalue weighted by atomic mass is 19.4. The third-order valence-corrected chi connectivity index (χ3v) is 6.58. The van der Waals surface area contributed by atoms with E-state index in [1.54, 1.807) is 0 Å². The van der Waals surface area contributed by atoms with Gasteiger partial charge < -0.3 is 5.32 Å². The van der Waals surface area contributed by atoms with E-state index in [4.69, 9.17) is 4.99 Å². The topological polar surface area (TPSA) is 44.7 Å². The van der Waals surface area contributed by atoms with Crippen molar-refractivity contribution in [2.75, 3.05) is 18.4 Å². The van der Waals surface area contributed by atoms with E-state index in [9.17, 15) is 18.0 Å². The number of aliphatic imine (C=N–C) groups is 1. The van der Waals surface area contributed by atoms with E-state index in [1.165, 1.54) is 11.6 Å². The van der Waals surface area contributed by atoms with Gasteiger partial charge in [-0.1, -0.05) is 60.7 Å². The van der Waals surface area contributed by atoms with Crippen LogP contribution < -0.4 is 5.32 Å². The molecule has 7 heteroatoms. The molecule has 34 heavy (non-hydrogen) atoms. The van der Waals surface area contributed by atoms with Crippen LogP contribution in [0.4, 0.5) is 18.9 Å². The lowest BCUT2D eigenvalue weighted by Crippen LogP contribution is -2.50. The van der Waals surface area contributed by atoms with Crippen LogP contribution in [0.3, 0.4) is 0 Å². The molecule has 1 spiro atoms. The Morgan fingerprint density at radius 3 is 2.21 bits per heavy atom. The first-order chi connectivity index (χ1) is 16.3. The molecule has 4 nitrogen and oxygen atoms in total. The third-order valence-electron chi connectivity index (χ3n) is 6.58. The number of carbonyl (C=O) groups excluding carboxylic acids is 1. The first kappa shape index (κ1) is 22.3. The first-order valence-electron chi connectivity index (χ1n) is 11.3. The van der Waals surface area contributed by atoms with Crippen LogP contribution in [0, 0.1) is 0 Å². The number of piperidine rings is 1. The van der Waals surface area contributed by atoms with Crippen molar-refractivity contribution in [2.45, 2.75) is 31.1 Å². The van der Waals surface area contributed by atoms with Gasteiger partial charge in [-0.2, -0.15) is 13.2 Å². The van der Waals surface area contributed by atoms with Gasteiger partial charge >= 0.3 is 6.18 Å². The number of nitrogens with zero attached hydrogens (tertiary/aromatic N) is 2. The molecule has 2 aliphatic rings. The molecule has 5 rings (SSSR count). The highest BCUT2D eigenvalue weighted by Gasteiger charge is 2.44. The highest BCUT2D eigenvalue weighted by molar-refractivity contribution is 6.20. The predicted molar refractivity (Wildman–Crippen MR) is 126 cm³/mol. The molecule has 0 aliphatic carbocycles. The molecule has 2 aliphatic heterocycles. The second-order valence-electron chi connectivity index (χ2n) is 8.83. The number of nitrogens with one attached hydrogen (secondary N) is 1. The van der Waals surface area contributed by atoms with Gasteiger partial charge in [0.05, 0.1) is 17.0 Å². The third kappa shape index (κ3) is 4.35. The molecule has 1 saturated heterocycles. The van der Waals surface area contributed by atoms with Gasteiger partial charge in [-0.3, -0.25) is 14.7 Å². The summed E-state index contributed by atoms with van der Waals surface area (Å²) in [6.45, 7) is 2.11. The van der Waals surface area contributed by atoms with Crippen molar-refractivity contribution in [2.24, 2.45) is 4.99 Å². The number of hydrogen-bond donors (Lipinski definition) is 1. The Hall–Kier alpha value is -3.45. The maximum Gasteiger partial charge on any atom is 0.416 e. The maximum absolute atomic E-state index is 13.5. The minimum Gasteiger partial charge on any atom is -0.323 e. The summed E-state index contributed by atoms with van der Waals surface area (Å²) >= 11 is 0. The lowest BCUT2D eigenvalue weighted by Gasteiger charge is -2.37. The van der Waals surface area contributed by atoms with Gasteiger partial charge in [-0.25, -0.2) is 0 Å². The Morgan fingerprint density at radius 1 is 0.912 bits per heavy atom. The van der Waals surface area contributed by atoms with Crippen molar-refractivity contribution in [3.63, 3.8) is 0 Å². The van der Waals surface area contributed by atoms with Gasteiger partial charge in [0, 0.05) is 30.8 Å². The Kier molecular flexibility index (Phi) is 5.73. The summed E-state index contributed by atoms with van der Waals surface area (Å²) in [6.07, 6.45) is -3.52. The zero-order valence-electron chi connectivity index (χ0n) is 18.5. The Morgan fingerprint density at radius 2 is 1.56 bits per heavy atom. The molecule has 0 radical (unpaired) electrons. The van der Waals surface area contributed by atoms with Gasteiger partial charge in [0.2, 0.25) is 0 Å². The van der Waals surface area contributed by atoms with Gasteiger partial charge in [-0.15, -0.1) is 0 Å². The average molecular weight is 464 g/mol. The Balaban J connectivity index is 1.52. The molecule has 0 aromatic heterocycles. The number of hydrogen-bond acceptors (Lipinski definition) is 3. The number of anilines is 1. The van der Waals surface area contributed by atoms with E-state index in [1.807, 2.05) is 48.5 Å². The smallest absolute Gasteiger partial charge is 0.323 e. The summed E-state index contributed by atoms with van der Waals surface area (Å²) in [6, 6.07) is 22.7. The number of fused-ring (bicyclic) bond motifs is 1. The van der Waals surface area contributed by atoms with E-state index in [-0.39, 0.29) is 11.5 Å². The molecule has 174 valence electrons. The summed E-state index contributed by atoms with van der Waals surface area (Å²) < 4.78 is 40.5. The molecule has 0 unspecified atom stereocenters. The molecular weight excluding hydrogens is 439 g/mol. The Bertz CT molecular complexity index is 1210. The van der Waals surface area contributed by atoms with Crippen LogP contribution in [-0.4, -0.2) is 35.1 Å². The minimum atomic E-state index is -4.49. The monoisotopic (exact) mass is 463 g/mol. The van der Waals surface area contributed by atoms with Crippen LogP contribution in [0.25, 0.3) is 0 Å². The number of halogens is 3. The van der Waals surface area contributed by atoms with E-state index >= 15 is 0 Å². The van der Waals surface area contributed by atoms with Crippen LogP contribution in [0.5, 0.6) is 0 Å². The Labute approximate surface area is 196 Å². The SMILES string of the molecule is O=C1Nc2ccc(C(F)(F)F)cc2C(c2ccccc2)=NC12CCN(Cc1ccccc1)CC2. The van der Waals surface area contributed by atoms with Crippen LogP contribution >= 0.6 is 0 Å². The van der Waals surface area contributed by atoms with Crippen molar-refractivity contribution in [3.8, 4) is 0 Å². The van der Waals surface area contributed by atoms with E-state index in [0.717, 1.165) is 18.7 Å². The number of likely N-dealkylation sites (tertiary alicyclic amines) is 1. The van der Waals surface area contributed by atoms with Gasteiger partial charge in [0.15, 0.2) is 0 Å². The fraction of sp³-hybridized carbons (Fsp3) is 0.259.